The molecule has 0 aliphatic rings. The molecule has 30 heavy (non-hydrogen) atoms. The summed E-state index contributed by atoms with van der Waals surface area (Å²) >= 11 is 0. The second-order valence-corrected chi connectivity index (χ2v) is 7.69. The molecule has 1 amide bonds. The Labute approximate surface area is 171 Å². The summed E-state index contributed by atoms with van der Waals surface area (Å²) in [6.07, 6.45) is 0.765. The normalized spacial score (nSPS) is 11.4. The highest BCUT2D eigenvalue weighted by molar-refractivity contribution is 5.92. The maximum Gasteiger partial charge on any atom is 0.414 e. The molecule has 2 aromatic carbocycles. The van der Waals surface area contributed by atoms with E-state index in [1.54, 1.807) is 26.8 Å². The summed E-state index contributed by atoms with van der Waals surface area (Å²) in [6, 6.07) is 9.51. The number of halogens is 1. The average Bonchev–Trinajstić information content (AvgIpc) is 2.66. The lowest BCUT2D eigenvalue weighted by atomic mass is 10.1. The average molecular weight is 413 g/mol. The fourth-order valence-corrected chi connectivity index (χ4v) is 2.88. The number of rotatable bonds is 3. The Morgan fingerprint density at radius 2 is 1.80 bits per heavy atom. The molecular formula is C21H20FN3O5. The van der Waals surface area contributed by atoms with E-state index in [2.05, 4.69) is 0 Å². The van der Waals surface area contributed by atoms with Gasteiger partial charge in [-0.1, -0.05) is 0 Å². The van der Waals surface area contributed by atoms with E-state index >= 15 is 0 Å². The minimum atomic E-state index is -0.755. The molecule has 3 rings (SSSR count). The summed E-state index contributed by atoms with van der Waals surface area (Å²) in [5, 5.41) is 11.3. The lowest BCUT2D eigenvalue weighted by molar-refractivity contribution is -0.384. The van der Waals surface area contributed by atoms with Crippen molar-refractivity contribution in [2.24, 2.45) is 0 Å². The van der Waals surface area contributed by atoms with Gasteiger partial charge in [0.15, 0.2) is 0 Å². The summed E-state index contributed by atoms with van der Waals surface area (Å²) in [5.41, 5.74) is -0.954. The predicted molar refractivity (Wildman–Crippen MR) is 111 cm³/mol. The number of anilines is 1. The number of non-ortho nitro benzene ring substituents is 1. The summed E-state index contributed by atoms with van der Waals surface area (Å²) in [6.45, 7) is 5.11. The van der Waals surface area contributed by atoms with E-state index < -0.39 is 28.0 Å². The SMILES string of the molecule is CN(C(=O)OC(C)(C)C)c1cc2ccn(-c3ccc([N+](=O)[O-])cc3)c(=O)c2cc1F. The topological polar surface area (TPSA) is 94.7 Å². The molecule has 0 atom stereocenters. The maximum atomic E-state index is 14.7. The van der Waals surface area contributed by atoms with Crippen LogP contribution in [-0.2, 0) is 4.74 Å². The van der Waals surface area contributed by atoms with Crippen molar-refractivity contribution in [3.63, 3.8) is 0 Å². The van der Waals surface area contributed by atoms with Crippen LogP contribution in [0.5, 0.6) is 0 Å². The number of aromatic nitrogens is 1. The fraction of sp³-hybridized carbons (Fsp3) is 0.238. The number of hydrogen-bond donors (Lipinski definition) is 0. The van der Waals surface area contributed by atoms with Crippen LogP contribution in [0.25, 0.3) is 16.5 Å². The van der Waals surface area contributed by atoms with E-state index in [1.807, 2.05) is 0 Å². The molecule has 0 unspecified atom stereocenters. The van der Waals surface area contributed by atoms with Crippen molar-refractivity contribution in [2.75, 3.05) is 11.9 Å². The molecule has 0 aliphatic carbocycles. The van der Waals surface area contributed by atoms with Crippen LogP contribution in [0.1, 0.15) is 20.8 Å². The molecule has 1 aromatic heterocycles. The summed E-state index contributed by atoms with van der Waals surface area (Å²) in [7, 11) is 1.39. The molecule has 156 valence electrons. The molecule has 9 heteroatoms. The van der Waals surface area contributed by atoms with Gasteiger partial charge < -0.3 is 4.74 Å². The van der Waals surface area contributed by atoms with Gasteiger partial charge >= 0.3 is 6.09 Å². The molecular weight excluding hydrogens is 393 g/mol. The molecule has 8 nitrogen and oxygen atoms in total. The lowest BCUT2D eigenvalue weighted by Gasteiger charge is -2.25. The minimum absolute atomic E-state index is 0.0239. The van der Waals surface area contributed by atoms with Crippen LogP contribution in [-0.4, -0.2) is 28.2 Å². The van der Waals surface area contributed by atoms with E-state index in [-0.39, 0.29) is 16.8 Å². The smallest absolute Gasteiger partial charge is 0.414 e. The second kappa shape index (κ2) is 7.58. The van der Waals surface area contributed by atoms with Crippen molar-refractivity contribution < 1.29 is 18.8 Å². The maximum absolute atomic E-state index is 14.7. The molecule has 0 spiro atoms. The first kappa shape index (κ1) is 21.0. The molecule has 0 fully saturated rings. The number of pyridine rings is 1. The number of benzene rings is 2. The van der Waals surface area contributed by atoms with Gasteiger partial charge in [0, 0.05) is 31.1 Å². The fourth-order valence-electron chi connectivity index (χ4n) is 2.88. The van der Waals surface area contributed by atoms with Crippen molar-refractivity contribution in [1.29, 1.82) is 0 Å². The van der Waals surface area contributed by atoms with Gasteiger partial charge in [-0.3, -0.25) is 24.4 Å². The third-order valence-electron chi connectivity index (χ3n) is 4.34. The Morgan fingerprint density at radius 3 is 2.37 bits per heavy atom. The Kier molecular flexibility index (Phi) is 5.30. The minimum Gasteiger partial charge on any atom is -0.443 e. The predicted octanol–water partition coefficient (Wildman–Crippen LogP) is 4.41. The number of carbonyl (C=O) groups is 1. The molecule has 0 N–H and O–H groups in total. The number of ether oxygens (including phenoxy) is 1. The van der Waals surface area contributed by atoms with Gasteiger partial charge in [0.2, 0.25) is 0 Å². The van der Waals surface area contributed by atoms with Crippen molar-refractivity contribution in [2.45, 2.75) is 26.4 Å². The Bertz CT molecular complexity index is 1200. The number of nitro benzene ring substituents is 1. The summed E-state index contributed by atoms with van der Waals surface area (Å²) in [5.74, 6) is -0.755. The number of nitrogens with zero attached hydrogens (tertiary/aromatic N) is 3. The van der Waals surface area contributed by atoms with Gasteiger partial charge in [-0.25, -0.2) is 9.18 Å². The third-order valence-corrected chi connectivity index (χ3v) is 4.34. The largest absolute Gasteiger partial charge is 0.443 e. The van der Waals surface area contributed by atoms with Crippen LogP contribution in [0.4, 0.5) is 20.6 Å². The highest BCUT2D eigenvalue weighted by Crippen LogP contribution is 2.26. The van der Waals surface area contributed by atoms with Crippen LogP contribution in [0.3, 0.4) is 0 Å². The van der Waals surface area contributed by atoms with Crippen LogP contribution >= 0.6 is 0 Å². The third kappa shape index (κ3) is 4.14. The van der Waals surface area contributed by atoms with Gasteiger partial charge in [-0.05, 0) is 56.5 Å². The number of fused-ring (bicyclic) bond motifs is 1. The number of hydrogen-bond acceptors (Lipinski definition) is 5. The zero-order valence-corrected chi connectivity index (χ0v) is 16.9. The Morgan fingerprint density at radius 1 is 1.17 bits per heavy atom. The molecule has 0 radical (unpaired) electrons. The highest BCUT2D eigenvalue weighted by Gasteiger charge is 2.23. The van der Waals surface area contributed by atoms with Gasteiger partial charge in [-0.2, -0.15) is 0 Å². The van der Waals surface area contributed by atoms with Crippen molar-refractivity contribution in [3.8, 4) is 5.69 Å². The molecule has 1 heterocycles. The second-order valence-electron chi connectivity index (χ2n) is 7.69. The highest BCUT2D eigenvalue weighted by atomic mass is 19.1. The van der Waals surface area contributed by atoms with Crippen LogP contribution in [0.15, 0.2) is 53.5 Å². The van der Waals surface area contributed by atoms with E-state index in [9.17, 15) is 24.1 Å². The number of carbonyl (C=O) groups excluding carboxylic acids is 1. The van der Waals surface area contributed by atoms with Crippen LogP contribution in [0, 0.1) is 15.9 Å². The van der Waals surface area contributed by atoms with Crippen LogP contribution < -0.4 is 10.5 Å². The molecule has 0 bridgehead atoms. The van der Waals surface area contributed by atoms with Crippen molar-refractivity contribution >= 4 is 28.2 Å². The molecule has 0 aliphatic heterocycles. The van der Waals surface area contributed by atoms with Gasteiger partial charge in [0.1, 0.15) is 11.4 Å². The van der Waals surface area contributed by atoms with E-state index in [4.69, 9.17) is 4.74 Å². The monoisotopic (exact) mass is 413 g/mol. The van der Waals surface area contributed by atoms with Gasteiger partial charge in [0.25, 0.3) is 11.2 Å². The zero-order chi connectivity index (χ0) is 22.2. The van der Waals surface area contributed by atoms with Crippen molar-refractivity contribution in [1.82, 2.24) is 4.57 Å². The lowest BCUT2D eigenvalue weighted by Crippen LogP contribution is -2.34. The van der Waals surface area contributed by atoms with E-state index in [0.29, 0.717) is 11.1 Å². The van der Waals surface area contributed by atoms with Crippen molar-refractivity contribution in [3.05, 3.63) is 74.9 Å². The van der Waals surface area contributed by atoms with E-state index in [1.165, 1.54) is 48.1 Å². The first-order valence-corrected chi connectivity index (χ1v) is 9.04. The number of nitro groups is 1. The Balaban J connectivity index is 2.03. The Hall–Kier alpha value is -3.75. The van der Waals surface area contributed by atoms with Gasteiger partial charge in [0.05, 0.1) is 16.0 Å². The summed E-state index contributed by atoms with van der Waals surface area (Å²) < 4.78 is 21.3. The molecule has 0 saturated carbocycles. The van der Waals surface area contributed by atoms with E-state index in [0.717, 1.165) is 11.0 Å². The number of amides is 1. The molecule has 0 saturated heterocycles. The first-order valence-electron chi connectivity index (χ1n) is 9.04. The quantitative estimate of drug-likeness (QED) is 0.468. The first-order chi connectivity index (χ1) is 14.0. The van der Waals surface area contributed by atoms with Crippen LogP contribution in [0.2, 0.25) is 0 Å². The summed E-state index contributed by atoms with van der Waals surface area (Å²) in [4.78, 5) is 36.4. The van der Waals surface area contributed by atoms with Gasteiger partial charge in [-0.15, -0.1) is 0 Å². The zero-order valence-electron chi connectivity index (χ0n) is 16.9. The standard InChI is InChI=1S/C21H20FN3O5/c1-21(2,3)30-20(27)23(4)18-11-13-9-10-24(19(26)16(13)12-17(18)22)14-5-7-15(8-6-14)25(28)29/h5-12H,1-4H3. The molecule has 3 aromatic rings.